The first-order valence-corrected chi connectivity index (χ1v) is 9.04. The summed E-state index contributed by atoms with van der Waals surface area (Å²) in [5.74, 6) is 0.742. The van der Waals surface area contributed by atoms with Gasteiger partial charge in [-0.1, -0.05) is 12.1 Å². The molecule has 1 rings (SSSR count). The number of hydrogen-bond donors (Lipinski definition) is 2. The third-order valence-electron chi connectivity index (χ3n) is 3.04. The lowest BCUT2D eigenvalue weighted by Gasteiger charge is -2.17. The molecule has 23 heavy (non-hydrogen) atoms. The molecule has 2 N–H and O–H groups in total. The maximum Gasteiger partial charge on any atom is 0.191 e. The number of nitrogens with one attached hydrogen (secondary N) is 2. The average molecular weight is 450 g/mol. The van der Waals surface area contributed by atoms with Gasteiger partial charge in [0.2, 0.25) is 0 Å². The van der Waals surface area contributed by atoms with Crippen LogP contribution in [-0.4, -0.2) is 39.5 Å². The van der Waals surface area contributed by atoms with Crippen molar-refractivity contribution in [2.75, 3.05) is 19.1 Å². The van der Waals surface area contributed by atoms with E-state index in [9.17, 15) is 8.42 Å². The van der Waals surface area contributed by atoms with Gasteiger partial charge < -0.3 is 10.6 Å². The van der Waals surface area contributed by atoms with Gasteiger partial charge in [0.05, 0.1) is 17.4 Å². The number of aliphatic imine (C=N–C) groups is 1. The van der Waals surface area contributed by atoms with Crippen molar-refractivity contribution in [3.8, 4) is 6.07 Å². The number of rotatable bonds is 6. The van der Waals surface area contributed by atoms with Crippen LogP contribution in [0.1, 0.15) is 24.5 Å². The van der Waals surface area contributed by atoms with Crippen LogP contribution in [0.2, 0.25) is 0 Å². The van der Waals surface area contributed by atoms with Gasteiger partial charge in [-0.25, -0.2) is 8.42 Å². The van der Waals surface area contributed by atoms with Crippen molar-refractivity contribution in [3.05, 3.63) is 35.4 Å². The summed E-state index contributed by atoms with van der Waals surface area (Å²) >= 11 is 0. The van der Waals surface area contributed by atoms with Crippen LogP contribution in [0.15, 0.2) is 29.3 Å². The van der Waals surface area contributed by atoms with Crippen LogP contribution in [0.4, 0.5) is 0 Å². The molecule has 1 atom stereocenters. The zero-order chi connectivity index (χ0) is 16.6. The predicted molar refractivity (Wildman–Crippen MR) is 104 cm³/mol. The van der Waals surface area contributed by atoms with Crippen molar-refractivity contribution in [1.29, 1.82) is 5.26 Å². The predicted octanol–water partition coefficient (Wildman–Crippen LogP) is 1.66. The molecular weight excluding hydrogens is 427 g/mol. The first kappa shape index (κ1) is 21.7. The molecule has 0 aliphatic carbocycles. The number of guanidine groups is 1. The minimum Gasteiger partial charge on any atom is -0.354 e. The molecule has 1 aromatic carbocycles. The summed E-state index contributed by atoms with van der Waals surface area (Å²) < 4.78 is 22.3. The number of hydrogen-bond acceptors (Lipinski definition) is 4. The first-order valence-electron chi connectivity index (χ1n) is 6.98. The maximum atomic E-state index is 11.2. The first-order chi connectivity index (χ1) is 10.3. The van der Waals surface area contributed by atoms with Crippen LogP contribution in [0.3, 0.4) is 0 Å². The summed E-state index contributed by atoms with van der Waals surface area (Å²) in [7, 11) is -1.30. The number of nitrogens with zero attached hydrogens (tertiary/aromatic N) is 2. The van der Waals surface area contributed by atoms with E-state index in [0.29, 0.717) is 24.5 Å². The molecule has 8 heteroatoms. The molecule has 1 aromatic rings. The fourth-order valence-corrected chi connectivity index (χ4v) is 2.61. The Morgan fingerprint density at radius 2 is 2.13 bits per heavy atom. The summed E-state index contributed by atoms with van der Waals surface area (Å²) in [6.07, 6.45) is 1.75. The normalized spacial score (nSPS) is 12.7. The quantitative estimate of drug-likeness (QED) is 0.391. The Morgan fingerprint density at radius 3 is 2.70 bits per heavy atom. The second kappa shape index (κ2) is 10.4. The van der Waals surface area contributed by atoms with Crippen LogP contribution in [-0.2, 0) is 16.4 Å². The molecule has 1 unspecified atom stereocenters. The highest BCUT2D eigenvalue weighted by Crippen LogP contribution is 2.03. The van der Waals surface area contributed by atoms with E-state index < -0.39 is 9.84 Å². The second-order valence-electron chi connectivity index (χ2n) is 5.20. The summed E-state index contributed by atoms with van der Waals surface area (Å²) in [5, 5.41) is 15.2. The van der Waals surface area contributed by atoms with E-state index in [4.69, 9.17) is 5.26 Å². The minimum absolute atomic E-state index is 0. The molecule has 0 radical (unpaired) electrons. The minimum atomic E-state index is -2.96. The molecule has 0 heterocycles. The summed E-state index contributed by atoms with van der Waals surface area (Å²) in [5.41, 5.74) is 1.59. The third-order valence-corrected chi connectivity index (χ3v) is 4.02. The van der Waals surface area contributed by atoms with E-state index in [-0.39, 0.29) is 35.8 Å². The smallest absolute Gasteiger partial charge is 0.191 e. The Labute approximate surface area is 155 Å². The van der Waals surface area contributed by atoms with Crippen molar-refractivity contribution in [1.82, 2.24) is 10.6 Å². The molecule has 0 spiro atoms. The highest BCUT2D eigenvalue weighted by molar-refractivity contribution is 14.0. The van der Waals surface area contributed by atoms with Gasteiger partial charge in [-0.05, 0) is 31.0 Å². The zero-order valence-corrected chi connectivity index (χ0v) is 16.7. The standard InChI is InChI=1S/C15H22N4O2S.HI/c1-12(7-8-22(3,20)21)19-15(17-2)18-11-14-6-4-5-13(9-14)10-16;/h4-6,9,12H,7-8,11H2,1-3H3,(H2,17,18,19);1H. The van der Waals surface area contributed by atoms with E-state index in [2.05, 4.69) is 21.7 Å². The van der Waals surface area contributed by atoms with Gasteiger partial charge in [-0.3, -0.25) is 4.99 Å². The van der Waals surface area contributed by atoms with Crippen molar-refractivity contribution >= 4 is 39.8 Å². The molecule has 0 saturated carbocycles. The van der Waals surface area contributed by atoms with Crippen molar-refractivity contribution in [2.24, 2.45) is 4.99 Å². The Hall–Kier alpha value is -1.34. The lowest BCUT2D eigenvalue weighted by Crippen LogP contribution is -2.42. The second-order valence-corrected chi connectivity index (χ2v) is 7.46. The van der Waals surface area contributed by atoms with Crippen LogP contribution in [0.5, 0.6) is 0 Å². The molecule has 0 bridgehead atoms. The van der Waals surface area contributed by atoms with E-state index in [1.54, 1.807) is 13.1 Å². The number of halogens is 1. The number of benzene rings is 1. The fraction of sp³-hybridized carbons (Fsp3) is 0.467. The lowest BCUT2D eigenvalue weighted by atomic mass is 10.1. The summed E-state index contributed by atoms with van der Waals surface area (Å²) in [6, 6.07) is 9.42. The van der Waals surface area contributed by atoms with Gasteiger partial charge in [-0.2, -0.15) is 5.26 Å². The molecule has 0 aliphatic rings. The Kier molecular flexibility index (Phi) is 9.83. The van der Waals surface area contributed by atoms with E-state index in [0.717, 1.165) is 5.56 Å². The topological polar surface area (TPSA) is 94.3 Å². The van der Waals surface area contributed by atoms with Gasteiger partial charge >= 0.3 is 0 Å². The molecule has 128 valence electrons. The Morgan fingerprint density at radius 1 is 1.43 bits per heavy atom. The Bertz CT molecular complexity index is 668. The van der Waals surface area contributed by atoms with E-state index in [1.807, 2.05) is 25.1 Å². The summed E-state index contributed by atoms with van der Waals surface area (Å²) in [6.45, 7) is 2.45. The zero-order valence-electron chi connectivity index (χ0n) is 13.5. The van der Waals surface area contributed by atoms with Gasteiger partial charge in [0, 0.05) is 25.9 Å². The van der Waals surface area contributed by atoms with Crippen LogP contribution in [0, 0.1) is 11.3 Å². The van der Waals surface area contributed by atoms with Crippen LogP contribution >= 0.6 is 24.0 Å². The van der Waals surface area contributed by atoms with Crippen LogP contribution < -0.4 is 10.6 Å². The SMILES string of the molecule is CN=C(NCc1cccc(C#N)c1)NC(C)CCS(C)(=O)=O.I. The summed E-state index contributed by atoms with van der Waals surface area (Å²) in [4.78, 5) is 4.11. The van der Waals surface area contributed by atoms with Crippen LogP contribution in [0.25, 0.3) is 0 Å². The van der Waals surface area contributed by atoms with E-state index >= 15 is 0 Å². The van der Waals surface area contributed by atoms with Crippen molar-refractivity contribution < 1.29 is 8.42 Å². The van der Waals surface area contributed by atoms with E-state index in [1.165, 1.54) is 6.26 Å². The molecule has 0 aromatic heterocycles. The van der Waals surface area contributed by atoms with Gasteiger partial charge in [0.1, 0.15) is 9.84 Å². The van der Waals surface area contributed by atoms with Crippen molar-refractivity contribution in [2.45, 2.75) is 25.9 Å². The lowest BCUT2D eigenvalue weighted by molar-refractivity contribution is 0.581. The van der Waals surface area contributed by atoms with Gasteiger partial charge in [-0.15, -0.1) is 24.0 Å². The van der Waals surface area contributed by atoms with Gasteiger partial charge in [0.15, 0.2) is 5.96 Å². The number of nitriles is 1. The monoisotopic (exact) mass is 450 g/mol. The number of sulfone groups is 1. The highest BCUT2D eigenvalue weighted by atomic mass is 127. The fourth-order valence-electron chi connectivity index (χ4n) is 1.83. The van der Waals surface area contributed by atoms with Gasteiger partial charge in [0.25, 0.3) is 0 Å². The molecule has 0 amide bonds. The average Bonchev–Trinajstić information content (AvgIpc) is 2.48. The maximum absolute atomic E-state index is 11.2. The third kappa shape index (κ3) is 9.40. The highest BCUT2D eigenvalue weighted by Gasteiger charge is 2.09. The molecule has 0 aliphatic heterocycles. The molecule has 6 nitrogen and oxygen atoms in total. The molecule has 0 fully saturated rings. The Balaban J connectivity index is 0.00000484. The largest absolute Gasteiger partial charge is 0.354 e. The van der Waals surface area contributed by atoms with Crippen molar-refractivity contribution in [3.63, 3.8) is 0 Å². The molecular formula is C15H23IN4O2S. The molecule has 0 saturated heterocycles.